The average molecular weight is 323 g/mol. The van der Waals surface area contributed by atoms with E-state index in [-0.39, 0.29) is 0 Å². The smallest absolute Gasteiger partial charge is 0.329 e. The van der Waals surface area contributed by atoms with Gasteiger partial charge in [-0.2, -0.15) is 5.10 Å². The van der Waals surface area contributed by atoms with E-state index in [9.17, 15) is 9.59 Å². The Kier molecular flexibility index (Phi) is 6.25. The van der Waals surface area contributed by atoms with E-state index in [1.807, 2.05) is 54.6 Å². The zero-order valence-electron chi connectivity index (χ0n) is 13.8. The van der Waals surface area contributed by atoms with Crippen LogP contribution in [0.5, 0.6) is 0 Å². The van der Waals surface area contributed by atoms with E-state index < -0.39 is 11.8 Å². The third kappa shape index (κ3) is 5.35. The summed E-state index contributed by atoms with van der Waals surface area (Å²) >= 11 is 0. The van der Waals surface area contributed by atoms with Crippen LogP contribution in [0.4, 0.5) is 0 Å². The molecule has 0 bridgehead atoms. The lowest BCUT2D eigenvalue weighted by Crippen LogP contribution is -2.37. The summed E-state index contributed by atoms with van der Waals surface area (Å²) in [6.45, 7) is 4.54. The fraction of sp³-hybridized carbons (Fsp3) is 0.211. The lowest BCUT2D eigenvalue weighted by atomic mass is 10.0. The van der Waals surface area contributed by atoms with Crippen LogP contribution in [0.15, 0.2) is 59.7 Å². The van der Waals surface area contributed by atoms with Crippen LogP contribution in [0, 0.1) is 0 Å². The van der Waals surface area contributed by atoms with Crippen molar-refractivity contribution in [2.45, 2.75) is 26.3 Å². The number of amides is 2. The second kappa shape index (κ2) is 8.62. The second-order valence-corrected chi connectivity index (χ2v) is 5.69. The highest BCUT2D eigenvalue weighted by Crippen LogP contribution is 2.14. The SMILES string of the molecule is CC(C)c1ccc(CNC(=O)C(=O)N/N=C\c2ccccc2)cc1. The zero-order chi connectivity index (χ0) is 17.4. The van der Waals surface area contributed by atoms with Gasteiger partial charge < -0.3 is 5.32 Å². The van der Waals surface area contributed by atoms with Crippen LogP contribution in [0.3, 0.4) is 0 Å². The molecule has 0 aliphatic rings. The Morgan fingerprint density at radius 2 is 1.67 bits per heavy atom. The van der Waals surface area contributed by atoms with Gasteiger partial charge in [-0.3, -0.25) is 9.59 Å². The van der Waals surface area contributed by atoms with Gasteiger partial charge in [0.2, 0.25) is 0 Å². The molecule has 0 fully saturated rings. The number of nitrogens with one attached hydrogen (secondary N) is 2. The van der Waals surface area contributed by atoms with Crippen molar-refractivity contribution in [3.63, 3.8) is 0 Å². The molecular formula is C19H21N3O2. The molecular weight excluding hydrogens is 302 g/mol. The van der Waals surface area contributed by atoms with Gasteiger partial charge in [-0.25, -0.2) is 5.43 Å². The molecule has 5 heteroatoms. The van der Waals surface area contributed by atoms with Crippen molar-refractivity contribution < 1.29 is 9.59 Å². The maximum atomic E-state index is 11.7. The maximum Gasteiger partial charge on any atom is 0.329 e. The van der Waals surface area contributed by atoms with Crippen molar-refractivity contribution in [2.24, 2.45) is 5.10 Å². The molecule has 2 aromatic carbocycles. The summed E-state index contributed by atoms with van der Waals surface area (Å²) < 4.78 is 0. The number of hydrogen-bond acceptors (Lipinski definition) is 3. The first-order chi connectivity index (χ1) is 11.6. The van der Waals surface area contributed by atoms with Gasteiger partial charge in [0, 0.05) is 6.54 Å². The third-order valence-corrected chi connectivity index (χ3v) is 3.48. The summed E-state index contributed by atoms with van der Waals surface area (Å²) in [6, 6.07) is 17.2. The van der Waals surface area contributed by atoms with Crippen molar-refractivity contribution in [3.8, 4) is 0 Å². The first kappa shape index (κ1) is 17.4. The van der Waals surface area contributed by atoms with Crippen molar-refractivity contribution >= 4 is 18.0 Å². The van der Waals surface area contributed by atoms with Crippen LogP contribution in [0.25, 0.3) is 0 Å². The van der Waals surface area contributed by atoms with Crippen LogP contribution in [-0.2, 0) is 16.1 Å². The normalized spacial score (nSPS) is 10.8. The Bertz CT molecular complexity index is 707. The maximum absolute atomic E-state index is 11.7. The number of hydrogen-bond donors (Lipinski definition) is 2. The molecule has 124 valence electrons. The highest BCUT2D eigenvalue weighted by molar-refractivity contribution is 6.35. The van der Waals surface area contributed by atoms with E-state index in [1.165, 1.54) is 11.8 Å². The quantitative estimate of drug-likeness (QED) is 0.504. The number of benzene rings is 2. The Balaban J connectivity index is 1.79. The van der Waals surface area contributed by atoms with Crippen molar-refractivity contribution in [3.05, 3.63) is 71.3 Å². The minimum absolute atomic E-state index is 0.299. The van der Waals surface area contributed by atoms with E-state index in [4.69, 9.17) is 0 Å². The predicted molar refractivity (Wildman–Crippen MR) is 94.6 cm³/mol. The molecule has 0 spiro atoms. The lowest BCUT2D eigenvalue weighted by molar-refractivity contribution is -0.139. The van der Waals surface area contributed by atoms with Crippen molar-refractivity contribution in [1.82, 2.24) is 10.7 Å². The summed E-state index contributed by atoms with van der Waals surface area (Å²) in [5, 5.41) is 6.33. The molecule has 0 aliphatic carbocycles. The molecule has 5 nitrogen and oxygen atoms in total. The van der Waals surface area contributed by atoms with Crippen molar-refractivity contribution in [2.75, 3.05) is 0 Å². The lowest BCUT2D eigenvalue weighted by Gasteiger charge is -2.07. The molecule has 0 aliphatic heterocycles. The van der Waals surface area contributed by atoms with Gasteiger partial charge in [0.25, 0.3) is 0 Å². The minimum atomic E-state index is -0.791. The molecule has 2 amide bonds. The summed E-state index contributed by atoms with van der Waals surface area (Å²) in [4.78, 5) is 23.4. The molecule has 0 radical (unpaired) electrons. The van der Waals surface area contributed by atoms with Crippen molar-refractivity contribution in [1.29, 1.82) is 0 Å². The molecule has 0 atom stereocenters. The van der Waals surface area contributed by atoms with E-state index >= 15 is 0 Å². The topological polar surface area (TPSA) is 70.6 Å². The largest absolute Gasteiger partial charge is 0.344 e. The Morgan fingerprint density at radius 1 is 1.00 bits per heavy atom. The van der Waals surface area contributed by atoms with E-state index in [0.717, 1.165) is 11.1 Å². The standard InChI is InChI=1S/C19H21N3O2/c1-14(2)17-10-8-16(9-11-17)12-20-18(23)19(24)22-21-13-15-6-4-3-5-7-15/h3-11,13-14H,12H2,1-2H3,(H,20,23)(H,22,24)/b21-13-. The van der Waals surface area contributed by atoms with Crippen LogP contribution >= 0.6 is 0 Å². The third-order valence-electron chi connectivity index (χ3n) is 3.48. The highest BCUT2D eigenvalue weighted by Gasteiger charge is 2.11. The van der Waals surface area contributed by atoms with Gasteiger partial charge in [-0.15, -0.1) is 0 Å². The summed E-state index contributed by atoms with van der Waals surface area (Å²) in [5.74, 6) is -1.05. The number of carbonyl (C=O) groups excluding carboxylic acids is 2. The first-order valence-corrected chi connectivity index (χ1v) is 7.81. The molecule has 2 N–H and O–H groups in total. The van der Waals surface area contributed by atoms with E-state index in [2.05, 4.69) is 29.7 Å². The highest BCUT2D eigenvalue weighted by atomic mass is 16.2. The molecule has 2 rings (SSSR count). The summed E-state index contributed by atoms with van der Waals surface area (Å²) in [7, 11) is 0. The first-order valence-electron chi connectivity index (χ1n) is 7.81. The van der Waals surface area contributed by atoms with E-state index in [0.29, 0.717) is 12.5 Å². The van der Waals surface area contributed by atoms with Crippen LogP contribution in [0.1, 0.15) is 36.5 Å². The molecule has 0 heterocycles. The van der Waals surface area contributed by atoms with Gasteiger partial charge in [0.15, 0.2) is 0 Å². The minimum Gasteiger partial charge on any atom is -0.344 e. The second-order valence-electron chi connectivity index (χ2n) is 5.69. The number of carbonyl (C=O) groups is 2. The summed E-state index contributed by atoms with van der Waals surface area (Å²) in [6.07, 6.45) is 1.48. The van der Waals surface area contributed by atoms with E-state index in [1.54, 1.807) is 0 Å². The Labute approximate surface area is 141 Å². The zero-order valence-corrected chi connectivity index (χ0v) is 13.8. The van der Waals surface area contributed by atoms with Gasteiger partial charge in [-0.1, -0.05) is 68.4 Å². The van der Waals surface area contributed by atoms with Gasteiger partial charge in [0.05, 0.1) is 6.21 Å². The fourth-order valence-electron chi connectivity index (χ4n) is 2.04. The molecule has 0 aromatic heterocycles. The molecule has 0 saturated carbocycles. The Morgan fingerprint density at radius 3 is 2.29 bits per heavy atom. The number of hydrazone groups is 1. The van der Waals surface area contributed by atoms with Gasteiger partial charge in [0.1, 0.15) is 0 Å². The van der Waals surface area contributed by atoms with Gasteiger partial charge in [-0.05, 0) is 22.6 Å². The predicted octanol–water partition coefficient (Wildman–Crippen LogP) is 2.58. The summed E-state index contributed by atoms with van der Waals surface area (Å²) in [5.41, 5.74) is 5.22. The molecule has 24 heavy (non-hydrogen) atoms. The molecule has 0 saturated heterocycles. The number of nitrogens with zero attached hydrogens (tertiary/aromatic N) is 1. The Hall–Kier alpha value is -2.95. The van der Waals surface area contributed by atoms with Gasteiger partial charge >= 0.3 is 11.8 Å². The monoisotopic (exact) mass is 323 g/mol. The van der Waals surface area contributed by atoms with Crippen LogP contribution in [-0.4, -0.2) is 18.0 Å². The molecule has 2 aromatic rings. The molecule has 0 unspecified atom stereocenters. The number of rotatable bonds is 5. The average Bonchev–Trinajstić information content (AvgIpc) is 2.60. The fourth-order valence-corrected chi connectivity index (χ4v) is 2.04. The van der Waals surface area contributed by atoms with Crippen LogP contribution < -0.4 is 10.7 Å². The van der Waals surface area contributed by atoms with Crippen LogP contribution in [0.2, 0.25) is 0 Å².